The Kier molecular flexibility index (Phi) is 5.52. The van der Waals surface area contributed by atoms with Crippen LogP contribution in [0.15, 0.2) is 10.6 Å². The van der Waals surface area contributed by atoms with Gasteiger partial charge in [0.25, 0.3) is 5.91 Å². The Balaban J connectivity index is 0.888. The maximum absolute atomic E-state index is 14.2. The average Bonchev–Trinajstić information content (AvgIpc) is 3.51. The molecule has 9 atom stereocenters. The third-order valence-electron chi connectivity index (χ3n) is 12.3. The highest BCUT2D eigenvalue weighted by Gasteiger charge is 2.74. The van der Waals surface area contributed by atoms with E-state index in [9.17, 15) is 26.4 Å². The van der Waals surface area contributed by atoms with E-state index in [2.05, 4.69) is 10.5 Å². The molecule has 2 bridgehead atoms. The van der Waals surface area contributed by atoms with E-state index >= 15 is 0 Å². The van der Waals surface area contributed by atoms with Gasteiger partial charge in [0.05, 0.1) is 4.75 Å². The number of hydrogen-bond donors (Lipinski definition) is 1. The first-order chi connectivity index (χ1) is 19.0. The Morgan fingerprint density at radius 2 is 1.82 bits per heavy atom. The largest absolute Gasteiger partial charge is 0.389 e. The number of aromatic nitrogens is 1. The number of sulfonamides is 1. The molecule has 11 heteroatoms. The van der Waals surface area contributed by atoms with Crippen molar-refractivity contribution in [3.8, 4) is 0 Å². The van der Waals surface area contributed by atoms with Gasteiger partial charge in [0.2, 0.25) is 10.0 Å². The van der Waals surface area contributed by atoms with Crippen LogP contribution in [0.3, 0.4) is 0 Å². The highest BCUT2D eigenvalue weighted by atomic mass is 32.2. The van der Waals surface area contributed by atoms with Crippen LogP contribution in [0.25, 0.3) is 0 Å². The number of fused-ring (bicyclic) bond motifs is 1. The van der Waals surface area contributed by atoms with E-state index in [4.69, 9.17) is 4.52 Å². The number of amides is 1. The van der Waals surface area contributed by atoms with E-state index in [0.717, 1.165) is 50.7 Å². The molecule has 1 aliphatic heterocycles. The van der Waals surface area contributed by atoms with Crippen molar-refractivity contribution in [3.05, 3.63) is 17.5 Å². The van der Waals surface area contributed by atoms with Gasteiger partial charge >= 0.3 is 6.18 Å². The van der Waals surface area contributed by atoms with Crippen molar-refractivity contribution in [3.63, 3.8) is 0 Å². The molecule has 1 aromatic rings. The molecule has 7 aliphatic rings. The monoisotopic (exact) mass is 581 g/mol. The zero-order valence-electron chi connectivity index (χ0n) is 22.7. The van der Waals surface area contributed by atoms with Gasteiger partial charge in [0.15, 0.2) is 5.69 Å². The summed E-state index contributed by atoms with van der Waals surface area (Å²) in [4.78, 5) is 12.8. The summed E-state index contributed by atoms with van der Waals surface area (Å²) < 4.78 is 73.0. The molecule has 220 valence electrons. The first-order valence-electron chi connectivity index (χ1n) is 15.3. The van der Waals surface area contributed by atoms with Crippen LogP contribution in [-0.4, -0.2) is 53.8 Å². The first-order valence-corrected chi connectivity index (χ1v) is 16.7. The maximum atomic E-state index is 14.2. The lowest BCUT2D eigenvalue weighted by Crippen LogP contribution is -2.75. The zero-order chi connectivity index (χ0) is 27.7. The lowest BCUT2D eigenvalue weighted by Gasteiger charge is -2.70. The smallest absolute Gasteiger partial charge is 0.360 e. The molecule has 7 fully saturated rings. The third kappa shape index (κ3) is 3.81. The fourth-order valence-corrected chi connectivity index (χ4v) is 13.6. The molecule has 1 N–H and O–H groups in total. The van der Waals surface area contributed by atoms with Gasteiger partial charge in [-0.25, -0.2) is 12.7 Å². The van der Waals surface area contributed by atoms with Gasteiger partial charge in [-0.15, -0.1) is 0 Å². The molecule has 6 unspecified atom stereocenters. The average molecular weight is 582 g/mol. The van der Waals surface area contributed by atoms with Crippen LogP contribution < -0.4 is 5.32 Å². The molecule has 1 aromatic heterocycles. The van der Waals surface area contributed by atoms with Crippen LogP contribution in [-0.2, 0) is 10.0 Å². The number of alkyl halides is 3. The standard InChI is InChI=1S/C29H38F3N3O4S/c30-29(31,32)5-1-4-27-10-16-6-22(27)20(11-27)15-35(14-16)40(37,38)28-12-18-7-21(8-19(13-28)25(18)28)33-26(36)23-9-24(39-34-23)17-2-3-17/h9,16-22,25H,1-8,10-15H2,(H,33,36)/t16?,18-,19+,20?,21-,22?,25?,27?,28?. The fourth-order valence-electron chi connectivity index (χ4n) is 10.7. The zero-order valence-corrected chi connectivity index (χ0v) is 23.5. The van der Waals surface area contributed by atoms with Crippen LogP contribution in [0.2, 0.25) is 0 Å². The molecule has 0 spiro atoms. The minimum atomic E-state index is -4.10. The number of halogens is 3. The predicted molar refractivity (Wildman–Crippen MR) is 139 cm³/mol. The number of carbonyl (C=O) groups is 1. The Bertz CT molecular complexity index is 1310. The molecule has 1 amide bonds. The second-order valence-electron chi connectivity index (χ2n) is 14.6. The number of nitrogens with one attached hydrogen (secondary N) is 1. The summed E-state index contributed by atoms with van der Waals surface area (Å²) in [6, 6.07) is 1.79. The second kappa shape index (κ2) is 8.48. The van der Waals surface area contributed by atoms with E-state index in [-0.39, 0.29) is 35.6 Å². The van der Waals surface area contributed by atoms with Gasteiger partial charge in [-0.1, -0.05) is 5.16 Å². The molecule has 0 aromatic carbocycles. The quantitative estimate of drug-likeness (QED) is 0.453. The second-order valence-corrected chi connectivity index (χ2v) is 16.9. The molecule has 6 aliphatic carbocycles. The van der Waals surface area contributed by atoms with Gasteiger partial charge in [0.1, 0.15) is 5.76 Å². The molecule has 0 radical (unpaired) electrons. The normalized spacial score (nSPS) is 43.6. The summed E-state index contributed by atoms with van der Waals surface area (Å²) in [6.45, 7) is 1.09. The Morgan fingerprint density at radius 1 is 1.07 bits per heavy atom. The number of carbonyl (C=O) groups excluding carboxylic acids is 1. The molecule has 40 heavy (non-hydrogen) atoms. The van der Waals surface area contributed by atoms with E-state index in [1.807, 2.05) is 4.31 Å². The Morgan fingerprint density at radius 3 is 2.52 bits per heavy atom. The highest BCUT2D eigenvalue weighted by Crippen LogP contribution is 2.71. The van der Waals surface area contributed by atoms with Crippen LogP contribution in [0.4, 0.5) is 13.2 Å². The van der Waals surface area contributed by atoms with Crippen molar-refractivity contribution < 1.29 is 30.9 Å². The van der Waals surface area contributed by atoms with Crippen molar-refractivity contribution in [2.75, 3.05) is 13.1 Å². The number of nitrogens with zero attached hydrogens (tertiary/aromatic N) is 2. The van der Waals surface area contributed by atoms with E-state index < -0.39 is 27.4 Å². The predicted octanol–water partition coefficient (Wildman–Crippen LogP) is 5.25. The highest BCUT2D eigenvalue weighted by molar-refractivity contribution is 7.90. The number of rotatable bonds is 8. The van der Waals surface area contributed by atoms with Gasteiger partial charge in [-0.3, -0.25) is 4.79 Å². The molecule has 2 heterocycles. The van der Waals surface area contributed by atoms with Gasteiger partial charge in [-0.05, 0) is 112 Å². The van der Waals surface area contributed by atoms with Crippen molar-refractivity contribution in [2.24, 2.45) is 40.9 Å². The molecule has 7 nitrogen and oxygen atoms in total. The van der Waals surface area contributed by atoms with E-state index in [1.165, 1.54) is 0 Å². The lowest BCUT2D eigenvalue weighted by molar-refractivity contribution is -0.139. The van der Waals surface area contributed by atoms with Crippen molar-refractivity contribution in [1.82, 2.24) is 14.8 Å². The van der Waals surface area contributed by atoms with E-state index in [1.54, 1.807) is 6.07 Å². The number of hydrogen-bond acceptors (Lipinski definition) is 5. The summed E-state index contributed by atoms with van der Waals surface area (Å²) in [6.07, 6.45) is 3.88. The Hall–Kier alpha value is -1.62. The first kappa shape index (κ1) is 26.0. The Labute approximate surface area is 233 Å². The van der Waals surface area contributed by atoms with Crippen LogP contribution in [0.1, 0.15) is 99.2 Å². The minimum absolute atomic E-state index is 0.0200. The summed E-state index contributed by atoms with van der Waals surface area (Å²) in [7, 11) is -3.45. The van der Waals surface area contributed by atoms with Crippen molar-refractivity contribution >= 4 is 15.9 Å². The van der Waals surface area contributed by atoms with Gasteiger partial charge in [0, 0.05) is 37.5 Å². The molecular weight excluding hydrogens is 543 g/mol. The molecular formula is C29H38F3N3O4S. The topological polar surface area (TPSA) is 92.5 Å². The molecule has 8 rings (SSSR count). The van der Waals surface area contributed by atoms with Crippen molar-refractivity contribution in [2.45, 2.75) is 99.9 Å². The summed E-state index contributed by atoms with van der Waals surface area (Å²) in [5.74, 6) is 2.75. The summed E-state index contributed by atoms with van der Waals surface area (Å²) in [5.41, 5.74) is 0.352. The SMILES string of the molecule is O=C(N[C@@H]1C[C@@H]2CC3(S(=O)(=O)N4CC5CC6C(C4)CC6(CCCC(F)(F)F)C5)C[C@H](C1)C23)c1cc(C2CC2)on1. The maximum Gasteiger partial charge on any atom is 0.389 e. The summed E-state index contributed by atoms with van der Waals surface area (Å²) in [5, 5.41) is 7.10. The van der Waals surface area contributed by atoms with Crippen LogP contribution in [0, 0.1) is 40.9 Å². The lowest BCUT2D eigenvalue weighted by atomic mass is 9.42. The fraction of sp³-hybridized carbons (Fsp3) is 0.862. The van der Waals surface area contributed by atoms with Crippen LogP contribution >= 0.6 is 0 Å². The van der Waals surface area contributed by atoms with Crippen molar-refractivity contribution in [1.29, 1.82) is 0 Å². The summed E-state index contributed by atoms with van der Waals surface area (Å²) >= 11 is 0. The third-order valence-corrected chi connectivity index (χ3v) is 14.9. The molecule has 1 saturated heterocycles. The molecule has 6 saturated carbocycles. The van der Waals surface area contributed by atoms with Crippen LogP contribution in [0.5, 0.6) is 0 Å². The van der Waals surface area contributed by atoms with Gasteiger partial charge < -0.3 is 9.84 Å². The minimum Gasteiger partial charge on any atom is -0.360 e. The van der Waals surface area contributed by atoms with E-state index in [0.29, 0.717) is 67.6 Å². The van der Waals surface area contributed by atoms with Gasteiger partial charge in [-0.2, -0.15) is 13.2 Å².